The van der Waals surface area contributed by atoms with Gasteiger partial charge >= 0.3 is 0 Å². The molecule has 0 saturated carbocycles. The molecule has 10 heavy (non-hydrogen) atoms. The molecule has 0 radical (unpaired) electrons. The van der Waals surface area contributed by atoms with E-state index in [1.54, 1.807) is 7.05 Å². The van der Waals surface area contributed by atoms with Gasteiger partial charge in [-0.25, -0.2) is 0 Å². The second-order valence-electron chi connectivity index (χ2n) is 3.16. The highest BCUT2D eigenvalue weighted by Gasteiger charge is 2.23. The summed E-state index contributed by atoms with van der Waals surface area (Å²) in [5.74, 6) is -0.00926. The van der Waals surface area contributed by atoms with E-state index in [9.17, 15) is 4.79 Å². The van der Waals surface area contributed by atoms with Crippen molar-refractivity contribution in [3.05, 3.63) is 0 Å². The van der Waals surface area contributed by atoms with Gasteiger partial charge in [-0.3, -0.25) is 4.79 Å². The molecule has 0 amide bonds. The Morgan fingerprint density at radius 3 is 1.90 bits per heavy atom. The molecule has 0 spiro atoms. The van der Waals surface area contributed by atoms with E-state index in [1.807, 2.05) is 20.8 Å². The third kappa shape index (κ3) is 2.43. The molecule has 2 nitrogen and oxygen atoms in total. The summed E-state index contributed by atoms with van der Waals surface area (Å²) in [6, 6.07) is 0. The Labute approximate surface area is 67.0 Å². The van der Waals surface area contributed by atoms with Crippen molar-refractivity contribution in [3.8, 4) is 0 Å². The Bertz CT molecular complexity index is 157. The summed E-state index contributed by atoms with van der Waals surface area (Å²) in [5, 5.41) is 2.65. The van der Waals surface area contributed by atoms with Crippen molar-refractivity contribution in [1.82, 2.24) is 5.32 Å². The number of hydrogen-bond acceptors (Lipinski definition) is 2. The standard InChI is InChI=1S/C7H13NOS/c1-7(2,3)5(9)6(10)8-4/h1-4H3,(H,8,10). The van der Waals surface area contributed by atoms with E-state index in [1.165, 1.54) is 0 Å². The van der Waals surface area contributed by atoms with Crippen LogP contribution in [0.25, 0.3) is 0 Å². The van der Waals surface area contributed by atoms with Crippen molar-refractivity contribution in [1.29, 1.82) is 0 Å². The first-order chi connectivity index (χ1) is 4.39. The first-order valence-electron chi connectivity index (χ1n) is 3.16. The molecule has 1 N–H and O–H groups in total. The van der Waals surface area contributed by atoms with Crippen molar-refractivity contribution in [3.63, 3.8) is 0 Å². The molecular weight excluding hydrogens is 146 g/mol. The van der Waals surface area contributed by atoms with Crippen LogP contribution < -0.4 is 5.32 Å². The highest BCUT2D eigenvalue weighted by atomic mass is 32.1. The topological polar surface area (TPSA) is 29.1 Å². The highest BCUT2D eigenvalue weighted by molar-refractivity contribution is 7.82. The van der Waals surface area contributed by atoms with Crippen molar-refractivity contribution in [2.45, 2.75) is 20.8 Å². The lowest BCUT2D eigenvalue weighted by Gasteiger charge is -2.16. The maximum absolute atomic E-state index is 11.2. The monoisotopic (exact) mass is 159 g/mol. The summed E-state index contributed by atoms with van der Waals surface area (Å²) in [6.45, 7) is 5.54. The molecule has 0 aromatic rings. The number of thiocarbonyl (C=S) groups is 1. The lowest BCUT2D eigenvalue weighted by Crippen LogP contribution is -2.34. The predicted molar refractivity (Wildman–Crippen MR) is 46.1 cm³/mol. The van der Waals surface area contributed by atoms with Crippen LogP contribution in [-0.2, 0) is 4.79 Å². The third-order valence-electron chi connectivity index (χ3n) is 1.11. The van der Waals surface area contributed by atoms with Crippen molar-refractivity contribution < 1.29 is 4.79 Å². The molecule has 0 bridgehead atoms. The number of carbonyl (C=O) groups excluding carboxylic acids is 1. The maximum atomic E-state index is 11.2. The second-order valence-corrected chi connectivity index (χ2v) is 3.57. The number of Topliss-reactive ketones (excluding diaryl/α,β-unsaturated/α-hetero) is 1. The van der Waals surface area contributed by atoms with Crippen molar-refractivity contribution >= 4 is 23.0 Å². The van der Waals surface area contributed by atoms with Gasteiger partial charge in [-0.1, -0.05) is 33.0 Å². The van der Waals surface area contributed by atoms with Crippen LogP contribution in [0.2, 0.25) is 0 Å². The lowest BCUT2D eigenvalue weighted by molar-refractivity contribution is -0.119. The SMILES string of the molecule is CNC(=S)C(=O)C(C)(C)C. The average molecular weight is 159 g/mol. The fourth-order valence-corrected chi connectivity index (χ4v) is 0.760. The lowest BCUT2D eigenvalue weighted by atomic mass is 9.91. The first-order valence-corrected chi connectivity index (χ1v) is 3.57. The zero-order chi connectivity index (χ0) is 8.36. The molecular formula is C7H13NOS. The second kappa shape index (κ2) is 3.10. The number of nitrogens with one attached hydrogen (secondary N) is 1. The van der Waals surface area contributed by atoms with E-state index < -0.39 is 0 Å². The van der Waals surface area contributed by atoms with Gasteiger partial charge in [0.05, 0.1) is 0 Å². The molecule has 0 unspecified atom stereocenters. The summed E-state index contributed by atoms with van der Waals surface area (Å²) in [5.41, 5.74) is -0.361. The van der Waals surface area contributed by atoms with Gasteiger partial charge in [-0.2, -0.15) is 0 Å². The number of likely N-dealkylation sites (N-methyl/N-ethyl adjacent to an activating group) is 1. The molecule has 0 aliphatic rings. The Morgan fingerprint density at radius 2 is 1.80 bits per heavy atom. The van der Waals surface area contributed by atoms with Crippen LogP contribution in [0.15, 0.2) is 0 Å². The Morgan fingerprint density at radius 1 is 1.40 bits per heavy atom. The fourth-order valence-electron chi connectivity index (χ4n) is 0.454. The van der Waals surface area contributed by atoms with Gasteiger partial charge in [-0.05, 0) is 0 Å². The molecule has 0 atom stereocenters. The van der Waals surface area contributed by atoms with Gasteiger partial charge in [0.2, 0.25) is 0 Å². The highest BCUT2D eigenvalue weighted by Crippen LogP contribution is 2.14. The van der Waals surface area contributed by atoms with Crippen LogP contribution in [0.3, 0.4) is 0 Å². The normalized spacial score (nSPS) is 10.8. The van der Waals surface area contributed by atoms with E-state index in [-0.39, 0.29) is 11.2 Å². The summed E-state index contributed by atoms with van der Waals surface area (Å²) < 4.78 is 0. The fraction of sp³-hybridized carbons (Fsp3) is 0.714. The molecule has 0 aliphatic heterocycles. The third-order valence-corrected chi connectivity index (χ3v) is 1.50. The van der Waals surface area contributed by atoms with Crippen molar-refractivity contribution in [2.24, 2.45) is 5.41 Å². The molecule has 58 valence electrons. The van der Waals surface area contributed by atoms with E-state index >= 15 is 0 Å². The average Bonchev–Trinajstić information content (AvgIpc) is 1.83. The molecule has 0 saturated heterocycles. The maximum Gasteiger partial charge on any atom is 0.195 e. The van der Waals surface area contributed by atoms with Gasteiger partial charge in [0.25, 0.3) is 0 Å². The number of rotatable bonds is 1. The Hall–Kier alpha value is -0.440. The molecule has 0 heterocycles. The van der Waals surface area contributed by atoms with Gasteiger partial charge in [0.1, 0.15) is 4.99 Å². The summed E-state index contributed by atoms with van der Waals surface area (Å²) in [4.78, 5) is 11.5. The Kier molecular flexibility index (Phi) is 2.96. The van der Waals surface area contributed by atoms with Crippen molar-refractivity contribution in [2.75, 3.05) is 7.05 Å². The largest absolute Gasteiger partial charge is 0.376 e. The minimum atomic E-state index is -0.361. The van der Waals surface area contributed by atoms with Crippen LogP contribution >= 0.6 is 12.2 Å². The molecule has 0 aromatic heterocycles. The summed E-state index contributed by atoms with van der Waals surface area (Å²) in [7, 11) is 1.66. The van der Waals surface area contributed by atoms with Gasteiger partial charge < -0.3 is 5.32 Å². The van der Waals surface area contributed by atoms with Crippen LogP contribution in [0.5, 0.6) is 0 Å². The first kappa shape index (κ1) is 9.56. The molecule has 0 fully saturated rings. The predicted octanol–water partition coefficient (Wildman–Crippen LogP) is 1.15. The van der Waals surface area contributed by atoms with Gasteiger partial charge in [0, 0.05) is 12.5 Å². The van der Waals surface area contributed by atoms with Crippen LogP contribution in [0, 0.1) is 5.41 Å². The minimum Gasteiger partial charge on any atom is -0.376 e. The van der Waals surface area contributed by atoms with E-state index in [4.69, 9.17) is 12.2 Å². The number of carbonyl (C=O) groups is 1. The smallest absolute Gasteiger partial charge is 0.195 e. The molecule has 0 rings (SSSR count). The molecule has 0 aliphatic carbocycles. The molecule has 0 aromatic carbocycles. The minimum absolute atomic E-state index is 0.00926. The van der Waals surface area contributed by atoms with E-state index in [0.29, 0.717) is 4.99 Å². The van der Waals surface area contributed by atoms with Crippen LogP contribution in [0.4, 0.5) is 0 Å². The van der Waals surface area contributed by atoms with Gasteiger partial charge in [-0.15, -0.1) is 0 Å². The van der Waals surface area contributed by atoms with E-state index in [0.717, 1.165) is 0 Å². The van der Waals surface area contributed by atoms with E-state index in [2.05, 4.69) is 5.32 Å². The molecule has 3 heteroatoms. The zero-order valence-electron chi connectivity index (χ0n) is 6.82. The number of ketones is 1. The van der Waals surface area contributed by atoms with Crippen LogP contribution in [0.1, 0.15) is 20.8 Å². The zero-order valence-corrected chi connectivity index (χ0v) is 7.63. The quantitative estimate of drug-likeness (QED) is 0.582. The number of hydrogen-bond donors (Lipinski definition) is 1. The Balaban J connectivity index is 4.24. The van der Waals surface area contributed by atoms with Crippen LogP contribution in [-0.4, -0.2) is 17.8 Å². The van der Waals surface area contributed by atoms with Gasteiger partial charge in [0.15, 0.2) is 5.78 Å². The summed E-state index contributed by atoms with van der Waals surface area (Å²) in [6.07, 6.45) is 0. The summed E-state index contributed by atoms with van der Waals surface area (Å²) >= 11 is 4.77.